The highest BCUT2D eigenvalue weighted by Gasteiger charge is 2.31. The second kappa shape index (κ2) is 8.58. The summed E-state index contributed by atoms with van der Waals surface area (Å²) in [5, 5.41) is 13.9. The molecule has 0 saturated carbocycles. The molecule has 2 rings (SSSR count). The van der Waals surface area contributed by atoms with Gasteiger partial charge >= 0.3 is 0 Å². The zero-order valence-electron chi connectivity index (χ0n) is 13.0. The molecular weight excluding hydrogens is 342 g/mol. The second-order valence-corrected chi connectivity index (χ2v) is 7.24. The average molecular weight is 364 g/mol. The summed E-state index contributed by atoms with van der Waals surface area (Å²) in [4.78, 5) is 10.3. The molecule has 1 heterocycles. The fourth-order valence-electron chi connectivity index (χ4n) is 2.69. The molecule has 1 aliphatic heterocycles. The van der Waals surface area contributed by atoms with Crippen LogP contribution in [0.25, 0.3) is 0 Å². The lowest BCUT2D eigenvalue weighted by Gasteiger charge is -2.33. The van der Waals surface area contributed by atoms with Crippen LogP contribution in [-0.2, 0) is 10.0 Å². The molecule has 7 nitrogen and oxygen atoms in total. The number of piperidine rings is 1. The lowest BCUT2D eigenvalue weighted by atomic mass is 10.1. The number of hydrogen-bond acceptors (Lipinski definition) is 5. The molecule has 0 radical (unpaired) electrons. The lowest BCUT2D eigenvalue weighted by molar-refractivity contribution is -0.384. The monoisotopic (exact) mass is 363 g/mol. The van der Waals surface area contributed by atoms with Gasteiger partial charge in [0.1, 0.15) is 0 Å². The summed E-state index contributed by atoms with van der Waals surface area (Å²) in [6, 6.07) is 5.09. The van der Waals surface area contributed by atoms with E-state index in [0.29, 0.717) is 6.54 Å². The number of benzene rings is 1. The molecule has 0 bridgehead atoms. The molecule has 1 aliphatic rings. The minimum atomic E-state index is -3.62. The van der Waals surface area contributed by atoms with Crippen molar-refractivity contribution in [3.8, 4) is 0 Å². The third-order valence-corrected chi connectivity index (χ3v) is 5.78. The van der Waals surface area contributed by atoms with E-state index in [1.807, 2.05) is 6.92 Å². The first-order valence-corrected chi connectivity index (χ1v) is 8.88. The first-order valence-electron chi connectivity index (χ1n) is 7.44. The molecule has 9 heteroatoms. The van der Waals surface area contributed by atoms with Crippen LogP contribution in [0.4, 0.5) is 5.69 Å². The fourth-order valence-corrected chi connectivity index (χ4v) is 4.47. The molecule has 1 fully saturated rings. The number of nitro groups is 1. The van der Waals surface area contributed by atoms with Crippen LogP contribution in [0, 0.1) is 10.1 Å². The minimum absolute atomic E-state index is 0. The third kappa shape index (κ3) is 4.63. The number of non-ortho nitro benzene ring substituents is 1. The number of rotatable bonds is 6. The van der Waals surface area contributed by atoms with Crippen molar-refractivity contribution in [1.82, 2.24) is 9.62 Å². The molecule has 0 aliphatic carbocycles. The van der Waals surface area contributed by atoms with Crippen LogP contribution < -0.4 is 5.32 Å². The second-order valence-electron chi connectivity index (χ2n) is 5.35. The van der Waals surface area contributed by atoms with Crippen LogP contribution in [0.1, 0.15) is 26.2 Å². The van der Waals surface area contributed by atoms with E-state index in [1.165, 1.54) is 24.3 Å². The Bertz CT molecular complexity index is 615. The highest BCUT2D eigenvalue weighted by molar-refractivity contribution is 7.89. The molecule has 0 aromatic heterocycles. The van der Waals surface area contributed by atoms with Gasteiger partial charge in [0.05, 0.1) is 9.82 Å². The van der Waals surface area contributed by atoms with Crippen molar-refractivity contribution in [2.75, 3.05) is 19.6 Å². The standard InChI is InChI=1S/C14H21N3O4S.ClH/c1-2-11-16(12-7-9-15-10-8-12)22(20,21)14-5-3-13(4-6-14)17(18)19;/h3-6,12,15H,2,7-11H2,1H3;1H. The Balaban J connectivity index is 0.00000264. The SMILES string of the molecule is CCCN(C1CCNCC1)S(=O)(=O)c1ccc([N+](=O)[O-])cc1.Cl. The molecule has 1 aromatic rings. The zero-order valence-corrected chi connectivity index (χ0v) is 14.6. The predicted octanol–water partition coefficient (Wildman–Crippen LogP) is 2.17. The normalized spacial score (nSPS) is 16.1. The van der Waals surface area contributed by atoms with Crippen molar-refractivity contribution < 1.29 is 13.3 Å². The van der Waals surface area contributed by atoms with E-state index in [1.54, 1.807) is 4.31 Å². The summed E-state index contributed by atoms with van der Waals surface area (Å²) in [7, 11) is -3.62. The largest absolute Gasteiger partial charge is 0.317 e. The van der Waals surface area contributed by atoms with E-state index in [0.717, 1.165) is 32.4 Å². The summed E-state index contributed by atoms with van der Waals surface area (Å²) < 4.78 is 27.2. The zero-order chi connectivity index (χ0) is 16.2. The number of nitrogens with zero attached hydrogens (tertiary/aromatic N) is 2. The molecule has 0 atom stereocenters. The van der Waals surface area contributed by atoms with Crippen LogP contribution in [0.2, 0.25) is 0 Å². The van der Waals surface area contributed by atoms with Crippen molar-refractivity contribution in [2.24, 2.45) is 0 Å². The molecule has 0 amide bonds. The minimum Gasteiger partial charge on any atom is -0.317 e. The van der Waals surface area contributed by atoms with Gasteiger partial charge in [-0.15, -0.1) is 12.4 Å². The fraction of sp³-hybridized carbons (Fsp3) is 0.571. The summed E-state index contributed by atoms with van der Waals surface area (Å²) in [5.74, 6) is 0. The van der Waals surface area contributed by atoms with Gasteiger partial charge in [-0.2, -0.15) is 4.31 Å². The van der Waals surface area contributed by atoms with Crippen molar-refractivity contribution in [1.29, 1.82) is 0 Å². The quantitative estimate of drug-likeness (QED) is 0.617. The number of nitrogens with one attached hydrogen (secondary N) is 1. The molecule has 130 valence electrons. The number of halogens is 1. The smallest absolute Gasteiger partial charge is 0.269 e. The van der Waals surface area contributed by atoms with Gasteiger partial charge in [0.2, 0.25) is 10.0 Å². The van der Waals surface area contributed by atoms with Gasteiger partial charge in [0, 0.05) is 24.7 Å². The number of hydrogen-bond donors (Lipinski definition) is 1. The third-order valence-electron chi connectivity index (χ3n) is 3.81. The summed E-state index contributed by atoms with van der Waals surface area (Å²) in [5.41, 5.74) is -0.108. The van der Waals surface area contributed by atoms with Gasteiger partial charge in [-0.3, -0.25) is 10.1 Å². The van der Waals surface area contributed by atoms with Crippen LogP contribution in [0.3, 0.4) is 0 Å². The molecule has 0 unspecified atom stereocenters. The maximum absolute atomic E-state index is 12.8. The molecule has 0 spiro atoms. The molecule has 1 saturated heterocycles. The van der Waals surface area contributed by atoms with Gasteiger partial charge in [0.15, 0.2) is 0 Å². The Morgan fingerprint density at radius 2 is 1.83 bits per heavy atom. The number of nitro benzene ring substituents is 1. The van der Waals surface area contributed by atoms with Gasteiger partial charge in [-0.1, -0.05) is 6.92 Å². The van der Waals surface area contributed by atoms with Crippen molar-refractivity contribution in [3.05, 3.63) is 34.4 Å². The Morgan fingerprint density at radius 1 is 1.26 bits per heavy atom. The van der Waals surface area contributed by atoms with Gasteiger partial charge < -0.3 is 5.32 Å². The number of sulfonamides is 1. The average Bonchev–Trinajstić information content (AvgIpc) is 2.53. The van der Waals surface area contributed by atoms with Crippen molar-refractivity contribution >= 4 is 28.1 Å². The Hall–Kier alpha value is -1.22. The Kier molecular flexibility index (Phi) is 7.40. The van der Waals surface area contributed by atoms with E-state index < -0.39 is 14.9 Å². The summed E-state index contributed by atoms with van der Waals surface area (Å²) in [6.07, 6.45) is 2.30. The maximum Gasteiger partial charge on any atom is 0.269 e. The van der Waals surface area contributed by atoms with Gasteiger partial charge in [-0.25, -0.2) is 8.42 Å². The van der Waals surface area contributed by atoms with E-state index in [2.05, 4.69) is 5.32 Å². The highest BCUT2D eigenvalue weighted by Crippen LogP contribution is 2.24. The Labute approximate surface area is 142 Å². The molecule has 1 N–H and O–H groups in total. The first kappa shape index (κ1) is 19.8. The van der Waals surface area contributed by atoms with E-state index in [9.17, 15) is 18.5 Å². The van der Waals surface area contributed by atoms with Crippen LogP contribution in [0.15, 0.2) is 29.2 Å². The highest BCUT2D eigenvalue weighted by atomic mass is 35.5. The van der Waals surface area contributed by atoms with Crippen molar-refractivity contribution in [2.45, 2.75) is 37.1 Å². The summed E-state index contributed by atoms with van der Waals surface area (Å²) >= 11 is 0. The van der Waals surface area contributed by atoms with E-state index in [4.69, 9.17) is 0 Å². The Morgan fingerprint density at radius 3 is 2.30 bits per heavy atom. The van der Waals surface area contributed by atoms with Crippen molar-refractivity contribution in [3.63, 3.8) is 0 Å². The topological polar surface area (TPSA) is 92.6 Å². The van der Waals surface area contributed by atoms with Gasteiger partial charge in [0.25, 0.3) is 5.69 Å². The maximum atomic E-state index is 12.8. The first-order chi connectivity index (χ1) is 10.5. The van der Waals surface area contributed by atoms with Crippen LogP contribution in [0.5, 0.6) is 0 Å². The molecule has 1 aromatic carbocycles. The van der Waals surface area contributed by atoms with E-state index in [-0.39, 0.29) is 29.0 Å². The predicted molar refractivity (Wildman–Crippen MR) is 90.4 cm³/mol. The molecular formula is C14H22ClN3O4S. The van der Waals surface area contributed by atoms with Gasteiger partial charge in [-0.05, 0) is 44.5 Å². The summed E-state index contributed by atoms with van der Waals surface area (Å²) in [6.45, 7) is 4.02. The molecule has 23 heavy (non-hydrogen) atoms. The van der Waals surface area contributed by atoms with E-state index >= 15 is 0 Å². The van der Waals surface area contributed by atoms with Crippen LogP contribution in [-0.4, -0.2) is 43.3 Å². The van der Waals surface area contributed by atoms with Crippen LogP contribution >= 0.6 is 12.4 Å². The lowest BCUT2D eigenvalue weighted by Crippen LogP contribution is -2.46.